The van der Waals surface area contributed by atoms with E-state index in [4.69, 9.17) is 25.2 Å². The quantitative estimate of drug-likeness (QED) is 0.0371. The lowest BCUT2D eigenvalue weighted by Crippen LogP contribution is -2.48. The standard InChI is InChI=1S/C58H63N7O2/c1-7-9-11-12-18-36-65-56-37-40(3)55(38-50(56)41(4)39-58(65,5)6)64-63-54-35-34-53(48-22-16-17-23-49(48)54)62-61-52-33-32-51(46-20-14-15-21-47(46)52)60-59-44-28-26-43(27-29-44)57(66)67-45-30-24-42(25-31-45)19-13-10-8-2/h14-17,20-35,37-38,41H,7-13,18-19,36,39H2,1-6H3. The maximum absolute atomic E-state index is 12.9. The molecule has 0 saturated carbocycles. The number of carbonyl (C=O) groups is 1. The zero-order valence-electron chi connectivity index (χ0n) is 40.0. The van der Waals surface area contributed by atoms with E-state index in [1.165, 1.54) is 61.8 Å². The van der Waals surface area contributed by atoms with Crippen LogP contribution < -0.4 is 9.64 Å². The van der Waals surface area contributed by atoms with Gasteiger partial charge in [0.05, 0.1) is 39.7 Å². The molecule has 0 radical (unpaired) electrons. The number of azo groups is 3. The summed E-state index contributed by atoms with van der Waals surface area (Å²) in [6, 6.07) is 43.2. The fraction of sp³-hybridized carbons (Fsp3) is 0.328. The molecular weight excluding hydrogens is 827 g/mol. The number of unbranched alkanes of at least 4 members (excludes halogenated alkanes) is 6. The number of nitrogens with zero attached hydrogens (tertiary/aromatic N) is 7. The van der Waals surface area contributed by atoms with Crippen LogP contribution in [0.2, 0.25) is 0 Å². The molecule has 0 N–H and O–H groups in total. The van der Waals surface area contributed by atoms with E-state index in [-0.39, 0.29) is 5.54 Å². The first-order valence-electron chi connectivity index (χ1n) is 24.2. The van der Waals surface area contributed by atoms with Gasteiger partial charge in [0.1, 0.15) is 5.75 Å². The Morgan fingerprint density at radius 3 is 1.66 bits per heavy atom. The van der Waals surface area contributed by atoms with Crippen LogP contribution in [0.25, 0.3) is 21.5 Å². The maximum atomic E-state index is 12.9. The predicted molar refractivity (Wildman–Crippen MR) is 276 cm³/mol. The van der Waals surface area contributed by atoms with Crippen molar-refractivity contribution in [1.29, 1.82) is 0 Å². The first-order valence-corrected chi connectivity index (χ1v) is 24.2. The lowest BCUT2D eigenvalue weighted by atomic mass is 9.79. The average molecular weight is 890 g/mol. The number of ether oxygens (including phenoxy) is 1. The highest BCUT2D eigenvalue weighted by molar-refractivity contribution is 6.01. The third-order valence-electron chi connectivity index (χ3n) is 13.1. The number of benzene rings is 7. The number of hydrogen-bond donors (Lipinski definition) is 0. The summed E-state index contributed by atoms with van der Waals surface area (Å²) in [4.78, 5) is 15.5. The molecule has 0 aromatic heterocycles. The molecule has 342 valence electrons. The summed E-state index contributed by atoms with van der Waals surface area (Å²) < 4.78 is 5.63. The first kappa shape index (κ1) is 46.7. The van der Waals surface area contributed by atoms with E-state index in [0.29, 0.717) is 34.3 Å². The number of esters is 1. The molecule has 7 aromatic rings. The Labute approximate surface area is 396 Å². The number of rotatable bonds is 18. The molecule has 9 heteroatoms. The van der Waals surface area contributed by atoms with Crippen molar-refractivity contribution in [3.63, 3.8) is 0 Å². The molecule has 1 heterocycles. The zero-order valence-corrected chi connectivity index (χ0v) is 40.0. The van der Waals surface area contributed by atoms with Crippen molar-refractivity contribution in [2.24, 2.45) is 30.7 Å². The molecule has 0 amide bonds. The monoisotopic (exact) mass is 890 g/mol. The van der Waals surface area contributed by atoms with Crippen LogP contribution in [-0.4, -0.2) is 18.1 Å². The molecule has 1 aliphatic heterocycles. The molecular formula is C58H63N7O2. The SMILES string of the molecule is CCCCCCCN1c2cc(C)c(N=Nc3ccc(N=Nc4ccc(N=Nc5ccc(C(=O)Oc6ccc(CCCCC)cc6)cc5)c5ccccc45)c4ccccc34)cc2C(C)CC1(C)C. The van der Waals surface area contributed by atoms with Gasteiger partial charge in [-0.2, -0.15) is 10.2 Å². The van der Waals surface area contributed by atoms with Crippen LogP contribution in [0, 0.1) is 6.92 Å². The van der Waals surface area contributed by atoms with E-state index in [1.807, 2.05) is 84.9 Å². The molecule has 9 nitrogen and oxygen atoms in total. The van der Waals surface area contributed by atoms with E-state index >= 15 is 0 Å². The molecule has 1 unspecified atom stereocenters. The van der Waals surface area contributed by atoms with E-state index in [0.717, 1.165) is 70.0 Å². The highest BCUT2D eigenvalue weighted by Gasteiger charge is 2.36. The average Bonchev–Trinajstić information content (AvgIpc) is 3.34. The molecule has 67 heavy (non-hydrogen) atoms. The van der Waals surface area contributed by atoms with Gasteiger partial charge < -0.3 is 9.64 Å². The van der Waals surface area contributed by atoms with Gasteiger partial charge in [-0.3, -0.25) is 0 Å². The van der Waals surface area contributed by atoms with Gasteiger partial charge >= 0.3 is 5.97 Å². The lowest BCUT2D eigenvalue weighted by Gasteiger charge is -2.48. The third kappa shape index (κ3) is 11.2. The van der Waals surface area contributed by atoms with Crippen molar-refractivity contribution >= 4 is 67.3 Å². The number of hydrogen-bond acceptors (Lipinski definition) is 9. The zero-order chi connectivity index (χ0) is 46.8. The van der Waals surface area contributed by atoms with Gasteiger partial charge in [-0.15, -0.1) is 20.5 Å². The van der Waals surface area contributed by atoms with Gasteiger partial charge in [0.25, 0.3) is 0 Å². The molecule has 1 atom stereocenters. The minimum Gasteiger partial charge on any atom is -0.423 e. The molecule has 1 aliphatic rings. The smallest absolute Gasteiger partial charge is 0.343 e. The molecule has 0 aliphatic carbocycles. The van der Waals surface area contributed by atoms with Gasteiger partial charge in [0.15, 0.2) is 0 Å². The summed E-state index contributed by atoms with van der Waals surface area (Å²) in [5, 5.41) is 32.1. The Balaban J connectivity index is 0.964. The van der Waals surface area contributed by atoms with Crippen molar-refractivity contribution < 1.29 is 9.53 Å². The largest absolute Gasteiger partial charge is 0.423 e. The Morgan fingerprint density at radius 2 is 1.10 bits per heavy atom. The molecule has 0 spiro atoms. The summed E-state index contributed by atoms with van der Waals surface area (Å²) in [7, 11) is 0. The van der Waals surface area contributed by atoms with Crippen LogP contribution in [0.4, 0.5) is 39.8 Å². The first-order chi connectivity index (χ1) is 32.6. The fourth-order valence-electron chi connectivity index (χ4n) is 9.37. The molecule has 8 rings (SSSR count). The van der Waals surface area contributed by atoms with E-state index in [1.54, 1.807) is 24.3 Å². The highest BCUT2D eigenvalue weighted by atomic mass is 16.5. The van der Waals surface area contributed by atoms with Gasteiger partial charge in [0, 0.05) is 39.3 Å². The second-order valence-electron chi connectivity index (χ2n) is 18.6. The highest BCUT2D eigenvalue weighted by Crippen LogP contribution is 2.46. The summed E-state index contributed by atoms with van der Waals surface area (Å²) in [5.41, 5.74) is 10.1. The summed E-state index contributed by atoms with van der Waals surface area (Å²) in [6.07, 6.45) is 12.1. The lowest BCUT2D eigenvalue weighted by molar-refractivity contribution is 0.0734. The second-order valence-corrected chi connectivity index (χ2v) is 18.6. The summed E-state index contributed by atoms with van der Waals surface area (Å²) >= 11 is 0. The molecule has 0 fully saturated rings. The van der Waals surface area contributed by atoms with Crippen LogP contribution in [0.5, 0.6) is 5.75 Å². The summed E-state index contributed by atoms with van der Waals surface area (Å²) in [6.45, 7) is 14.8. The topological polar surface area (TPSA) is 104 Å². The number of anilines is 1. The maximum Gasteiger partial charge on any atom is 0.343 e. The number of aryl methyl sites for hydroxylation is 2. The predicted octanol–water partition coefficient (Wildman–Crippen LogP) is 18.6. The Bertz CT molecular complexity index is 2920. The van der Waals surface area contributed by atoms with Gasteiger partial charge in [-0.05, 0) is 142 Å². The minimum absolute atomic E-state index is 0.103. The van der Waals surface area contributed by atoms with E-state index in [9.17, 15) is 4.79 Å². The molecule has 0 bridgehead atoms. The minimum atomic E-state index is -0.419. The Morgan fingerprint density at radius 1 is 0.597 bits per heavy atom. The van der Waals surface area contributed by atoms with Crippen molar-refractivity contribution in [3.8, 4) is 5.75 Å². The third-order valence-corrected chi connectivity index (χ3v) is 13.1. The Hall–Kier alpha value is -6.87. The Kier molecular flexibility index (Phi) is 15.1. The molecule has 7 aromatic carbocycles. The summed E-state index contributed by atoms with van der Waals surface area (Å²) in [5.74, 6) is 0.534. The van der Waals surface area contributed by atoms with Crippen molar-refractivity contribution in [3.05, 3.63) is 156 Å². The van der Waals surface area contributed by atoms with Gasteiger partial charge in [-0.1, -0.05) is 120 Å². The number of fused-ring (bicyclic) bond motifs is 3. The van der Waals surface area contributed by atoms with E-state index in [2.05, 4.69) is 80.9 Å². The normalized spacial score (nSPS) is 14.8. The van der Waals surface area contributed by atoms with Crippen molar-refractivity contribution in [2.45, 2.75) is 117 Å². The number of carbonyl (C=O) groups excluding carboxylic acids is 1. The second kappa shape index (κ2) is 21.6. The van der Waals surface area contributed by atoms with Crippen LogP contribution in [-0.2, 0) is 6.42 Å². The van der Waals surface area contributed by atoms with Crippen molar-refractivity contribution in [2.75, 3.05) is 11.4 Å². The van der Waals surface area contributed by atoms with Gasteiger partial charge in [-0.25, -0.2) is 4.79 Å². The molecule has 0 saturated heterocycles. The fourth-order valence-corrected chi connectivity index (χ4v) is 9.37. The van der Waals surface area contributed by atoms with Crippen LogP contribution in [0.1, 0.15) is 125 Å². The van der Waals surface area contributed by atoms with E-state index < -0.39 is 5.97 Å². The van der Waals surface area contributed by atoms with Gasteiger partial charge in [0.2, 0.25) is 0 Å². The van der Waals surface area contributed by atoms with Crippen molar-refractivity contribution in [1.82, 2.24) is 0 Å². The van der Waals surface area contributed by atoms with Crippen LogP contribution >= 0.6 is 0 Å². The van der Waals surface area contributed by atoms with Crippen LogP contribution in [0.15, 0.2) is 164 Å². The van der Waals surface area contributed by atoms with Crippen LogP contribution in [0.3, 0.4) is 0 Å².